The third-order valence-corrected chi connectivity index (χ3v) is 12.9. The van der Waals surface area contributed by atoms with E-state index in [2.05, 4.69) is 0 Å². The second-order valence-corrected chi connectivity index (χ2v) is 15.4. The molecule has 1 saturated carbocycles. The van der Waals surface area contributed by atoms with Gasteiger partial charge in [-0.05, 0) is 79.5 Å². The lowest BCUT2D eigenvalue weighted by Crippen LogP contribution is -2.48. The highest BCUT2D eigenvalue weighted by Gasteiger charge is 2.67. The summed E-state index contributed by atoms with van der Waals surface area (Å²) in [5.74, 6) is -5.81. The quantitative estimate of drug-likeness (QED) is 0.192. The number of carbonyl (C=O) groups is 5. The van der Waals surface area contributed by atoms with Crippen molar-refractivity contribution < 1.29 is 34.2 Å². The van der Waals surface area contributed by atoms with E-state index >= 15 is 0 Å². The van der Waals surface area contributed by atoms with Gasteiger partial charge in [0, 0.05) is 35.3 Å². The Bertz CT molecular complexity index is 2210. The molecule has 2 saturated heterocycles. The Morgan fingerprint density at radius 1 is 1.04 bits per heavy atom. The van der Waals surface area contributed by atoms with Crippen molar-refractivity contribution in [3.05, 3.63) is 76.3 Å². The van der Waals surface area contributed by atoms with E-state index in [0.717, 1.165) is 31.0 Å². The molecule has 2 N–H and O–H groups in total. The molecular formula is C37H33ClN4O7S. The second kappa shape index (κ2) is 11.4. The minimum atomic E-state index is -1.26. The number of nitrogens with zero attached hydrogens (tertiary/aromatic N) is 4. The first kappa shape index (κ1) is 32.4. The van der Waals surface area contributed by atoms with Gasteiger partial charge in [0.1, 0.15) is 17.3 Å². The minimum Gasteiger partial charge on any atom is -0.508 e. The summed E-state index contributed by atoms with van der Waals surface area (Å²) >= 11 is 7.83. The van der Waals surface area contributed by atoms with Crippen LogP contribution < -0.4 is 4.90 Å². The summed E-state index contributed by atoms with van der Waals surface area (Å²) in [5, 5.41) is 25.8. The molecule has 11 nitrogen and oxygen atoms in total. The van der Waals surface area contributed by atoms with Crippen LogP contribution >= 0.6 is 22.9 Å². The maximum atomic E-state index is 14.9. The number of halogens is 1. The highest BCUT2D eigenvalue weighted by atomic mass is 35.5. The molecule has 0 bridgehead atoms. The van der Waals surface area contributed by atoms with Crippen molar-refractivity contribution in [2.45, 2.75) is 39.0 Å². The van der Waals surface area contributed by atoms with Gasteiger partial charge in [-0.2, -0.15) is 5.10 Å². The van der Waals surface area contributed by atoms with Crippen LogP contribution in [0.2, 0.25) is 5.02 Å². The number of phenolic OH excluding ortho intramolecular Hbond substituents is 1. The zero-order valence-corrected chi connectivity index (χ0v) is 29.0. The maximum Gasteiger partial charge on any atom is 0.305 e. The first-order valence-corrected chi connectivity index (χ1v) is 17.7. The smallest absolute Gasteiger partial charge is 0.305 e. The number of aromatic nitrogens is 2. The molecule has 256 valence electrons. The van der Waals surface area contributed by atoms with Crippen LogP contribution in [-0.4, -0.2) is 61.0 Å². The number of hydrogen-bond donors (Lipinski definition) is 2. The van der Waals surface area contributed by atoms with Crippen LogP contribution in [0.5, 0.6) is 5.75 Å². The lowest BCUT2D eigenvalue weighted by atomic mass is 9.51. The number of aryl methyl sites for hydroxylation is 2. The van der Waals surface area contributed by atoms with Gasteiger partial charge in [-0.15, -0.1) is 11.3 Å². The molecule has 6 atom stereocenters. The summed E-state index contributed by atoms with van der Waals surface area (Å²) in [7, 11) is 1.70. The Balaban J connectivity index is 1.22. The van der Waals surface area contributed by atoms with Gasteiger partial charge in [0.05, 0.1) is 34.5 Å². The standard InChI is InChI=1S/C37H33ClN4O7S/c1-17-23-14-19(38)6-11-27(23)50-32(17)26-16-28(40(3)39-26)42-34(47)25-15-24-21(31(37(25,2)36(42)49)18-4-7-20(43)8-5-18)9-10-22-30(24)35(48)41(33(22)46)13-12-29(44)45/h4-9,11,14,16,22,24-25,30-31,43H,10,12-13,15H2,1-3H3,(H,44,45). The van der Waals surface area contributed by atoms with Gasteiger partial charge >= 0.3 is 5.97 Å². The number of fused-ring (bicyclic) bond motifs is 5. The largest absolute Gasteiger partial charge is 0.508 e. The number of allylic oxidation sites excluding steroid dienone is 2. The second-order valence-electron chi connectivity index (χ2n) is 13.9. The SMILES string of the molecule is Cc1c(-c2cc(N3C(=O)C4CC5C(=CCC6C(=O)N(CCC(=O)O)C(=O)C65)C(c5ccc(O)cc5)C4(C)C3=O)n(C)n2)sc2ccc(Cl)cc12. The van der Waals surface area contributed by atoms with E-state index < -0.39 is 64.6 Å². The molecule has 2 aromatic carbocycles. The molecule has 3 fully saturated rings. The first-order valence-electron chi connectivity index (χ1n) is 16.5. The van der Waals surface area contributed by atoms with Crippen LogP contribution in [-0.2, 0) is 31.0 Å². The lowest BCUT2D eigenvalue weighted by Gasteiger charge is -2.49. The average Bonchev–Trinajstić information content (AvgIpc) is 3.74. The van der Waals surface area contributed by atoms with Gasteiger partial charge in [0.2, 0.25) is 23.6 Å². The number of carboxylic acids is 1. The molecule has 8 rings (SSSR count). The van der Waals surface area contributed by atoms with E-state index in [1.54, 1.807) is 48.2 Å². The summed E-state index contributed by atoms with van der Waals surface area (Å²) in [6.07, 6.45) is 2.01. The van der Waals surface area contributed by atoms with Crippen LogP contribution in [0.4, 0.5) is 5.82 Å². The van der Waals surface area contributed by atoms with E-state index in [1.165, 1.54) is 17.0 Å². The number of hydrogen-bond acceptors (Lipinski definition) is 8. The number of carbonyl (C=O) groups excluding carboxylic acids is 4. The monoisotopic (exact) mass is 712 g/mol. The van der Waals surface area contributed by atoms with Gasteiger partial charge in [-0.1, -0.05) is 35.4 Å². The van der Waals surface area contributed by atoms with Crippen LogP contribution in [0.3, 0.4) is 0 Å². The third-order valence-electron chi connectivity index (χ3n) is 11.4. The summed E-state index contributed by atoms with van der Waals surface area (Å²) in [5.41, 5.74) is 1.86. The molecule has 50 heavy (non-hydrogen) atoms. The molecule has 13 heteroatoms. The maximum absolute atomic E-state index is 14.9. The number of phenols is 1. The molecule has 2 aliphatic carbocycles. The van der Waals surface area contributed by atoms with Gasteiger partial charge in [-0.3, -0.25) is 33.6 Å². The van der Waals surface area contributed by atoms with Crippen molar-refractivity contribution in [2.24, 2.45) is 36.1 Å². The van der Waals surface area contributed by atoms with E-state index in [0.29, 0.717) is 22.1 Å². The summed E-state index contributed by atoms with van der Waals surface area (Å²) in [6.45, 7) is 3.57. The van der Waals surface area contributed by atoms with Crippen molar-refractivity contribution >= 4 is 68.4 Å². The fourth-order valence-corrected chi connectivity index (χ4v) is 10.3. The molecule has 4 aliphatic rings. The van der Waals surface area contributed by atoms with Crippen molar-refractivity contribution in [2.75, 3.05) is 11.4 Å². The molecule has 0 radical (unpaired) electrons. The average molecular weight is 713 g/mol. The fraction of sp³-hybridized carbons (Fsp3) is 0.351. The molecule has 0 spiro atoms. The predicted octanol–water partition coefficient (Wildman–Crippen LogP) is 5.67. The molecule has 4 aromatic rings. The van der Waals surface area contributed by atoms with E-state index in [9.17, 15) is 34.2 Å². The Hall–Kier alpha value is -4.81. The van der Waals surface area contributed by atoms with Crippen molar-refractivity contribution in [1.82, 2.24) is 14.7 Å². The Morgan fingerprint density at radius 3 is 2.50 bits per heavy atom. The van der Waals surface area contributed by atoms with Gasteiger partial charge in [0.25, 0.3) is 0 Å². The number of imide groups is 2. The van der Waals surface area contributed by atoms with E-state index in [4.69, 9.17) is 16.7 Å². The third kappa shape index (κ3) is 4.54. The number of amides is 4. The van der Waals surface area contributed by atoms with Crippen molar-refractivity contribution in [1.29, 1.82) is 0 Å². The van der Waals surface area contributed by atoms with Crippen molar-refractivity contribution in [3.63, 3.8) is 0 Å². The molecule has 2 aliphatic heterocycles. The van der Waals surface area contributed by atoms with Gasteiger partial charge in [0.15, 0.2) is 0 Å². The van der Waals surface area contributed by atoms with Crippen LogP contribution in [0.15, 0.2) is 60.2 Å². The number of likely N-dealkylation sites (tertiary alicyclic amines) is 1. The molecule has 6 unspecified atom stereocenters. The highest BCUT2D eigenvalue weighted by molar-refractivity contribution is 7.22. The molecule has 2 aromatic heterocycles. The van der Waals surface area contributed by atoms with Crippen LogP contribution in [0.25, 0.3) is 20.7 Å². The van der Waals surface area contributed by atoms with Gasteiger partial charge < -0.3 is 10.2 Å². The van der Waals surface area contributed by atoms with E-state index in [1.807, 2.05) is 31.2 Å². The number of carboxylic acid groups (broad SMARTS) is 1. The zero-order valence-electron chi connectivity index (χ0n) is 27.4. The normalized spacial score (nSPS) is 27.5. The number of aliphatic carboxylic acids is 1. The predicted molar refractivity (Wildman–Crippen MR) is 185 cm³/mol. The highest BCUT2D eigenvalue weighted by Crippen LogP contribution is 2.63. The Kier molecular flexibility index (Phi) is 7.36. The summed E-state index contributed by atoms with van der Waals surface area (Å²) in [6, 6.07) is 14.0. The number of thiophene rings is 1. The van der Waals surface area contributed by atoms with E-state index in [-0.39, 0.29) is 31.6 Å². The number of anilines is 1. The van der Waals surface area contributed by atoms with Crippen LogP contribution in [0.1, 0.15) is 43.2 Å². The zero-order chi connectivity index (χ0) is 35.4. The van der Waals surface area contributed by atoms with Crippen molar-refractivity contribution in [3.8, 4) is 16.3 Å². The molecule has 4 heterocycles. The lowest BCUT2D eigenvalue weighted by molar-refractivity contribution is -0.142. The topological polar surface area (TPSA) is 150 Å². The minimum absolute atomic E-state index is 0.0443. The Labute approximate surface area is 295 Å². The van der Waals surface area contributed by atoms with Gasteiger partial charge in [-0.25, -0.2) is 4.90 Å². The molecule has 4 amide bonds. The number of benzene rings is 2. The summed E-state index contributed by atoms with van der Waals surface area (Å²) < 4.78 is 2.58. The Morgan fingerprint density at radius 2 is 1.78 bits per heavy atom. The summed E-state index contributed by atoms with van der Waals surface area (Å²) in [4.78, 5) is 71.3. The van der Waals surface area contributed by atoms with Crippen LogP contribution in [0, 0.1) is 36.0 Å². The number of rotatable bonds is 6. The molecular weight excluding hydrogens is 680 g/mol. The number of aromatic hydroxyl groups is 1. The fourth-order valence-electron chi connectivity index (χ4n) is 8.99. The first-order chi connectivity index (χ1) is 23.8.